The van der Waals surface area contributed by atoms with Gasteiger partial charge in [-0.3, -0.25) is 4.79 Å². The summed E-state index contributed by atoms with van der Waals surface area (Å²) in [5.41, 5.74) is 1.40. The first-order chi connectivity index (χ1) is 10.5. The molecule has 1 atom stereocenters. The molecule has 4 nitrogen and oxygen atoms in total. The summed E-state index contributed by atoms with van der Waals surface area (Å²) >= 11 is 3.42. The van der Waals surface area contributed by atoms with Crippen LogP contribution in [0.2, 0.25) is 0 Å². The van der Waals surface area contributed by atoms with E-state index in [0.29, 0.717) is 17.5 Å². The Bertz CT molecular complexity index is 501. The van der Waals surface area contributed by atoms with Crippen LogP contribution in [0, 0.1) is 5.92 Å². The van der Waals surface area contributed by atoms with Gasteiger partial charge in [-0.25, -0.2) is 0 Å². The molecule has 0 fully saturated rings. The van der Waals surface area contributed by atoms with E-state index in [4.69, 9.17) is 4.74 Å². The average molecular weight is 373 g/mol. The van der Waals surface area contributed by atoms with E-state index in [2.05, 4.69) is 15.9 Å². The summed E-state index contributed by atoms with van der Waals surface area (Å²) < 4.78 is 5.09. The second-order valence-electron chi connectivity index (χ2n) is 5.71. The van der Waals surface area contributed by atoms with Crippen LogP contribution >= 0.6 is 15.9 Å². The molecule has 0 aliphatic heterocycles. The smallest absolute Gasteiger partial charge is 0.316 e. The second-order valence-corrected chi connectivity index (χ2v) is 6.50. The number of alkyl halides is 1. The van der Waals surface area contributed by atoms with Gasteiger partial charge in [-0.15, -0.1) is 0 Å². The minimum absolute atomic E-state index is 0.0468. The van der Waals surface area contributed by atoms with Crippen LogP contribution in [0.5, 0.6) is 0 Å². The zero-order chi connectivity index (χ0) is 16.8. The van der Waals surface area contributed by atoms with Gasteiger partial charge in [-0.05, 0) is 35.4 Å². The fraction of sp³-hybridized carbons (Fsp3) is 0.588. The Balaban J connectivity index is 3.45. The van der Waals surface area contributed by atoms with Crippen molar-refractivity contribution in [1.29, 1.82) is 0 Å². The Hall–Kier alpha value is -0.910. The maximum absolute atomic E-state index is 12.6. The minimum atomic E-state index is -0.750. The standard InChI is InChI=1S/C17H25BrO4/c1-12(2)17(7-4-8-18,16(21)22-3)15-6-5-13(10-19)14(9-15)11-20/h5-6,9,12,19-20H,4,7-8,10-11H2,1-3H3. The summed E-state index contributed by atoms with van der Waals surface area (Å²) in [5.74, 6) is -0.213. The number of aliphatic hydroxyl groups excluding tert-OH is 2. The monoisotopic (exact) mass is 372 g/mol. The molecule has 1 aromatic rings. The Morgan fingerprint density at radius 3 is 2.36 bits per heavy atom. The van der Waals surface area contributed by atoms with Crippen LogP contribution < -0.4 is 0 Å². The second kappa shape index (κ2) is 8.65. The van der Waals surface area contributed by atoms with E-state index in [1.54, 1.807) is 6.07 Å². The molecule has 124 valence electrons. The molecular weight excluding hydrogens is 348 g/mol. The molecule has 2 N–H and O–H groups in total. The van der Waals surface area contributed by atoms with Crippen molar-refractivity contribution in [3.63, 3.8) is 0 Å². The molecule has 1 unspecified atom stereocenters. The predicted molar refractivity (Wildman–Crippen MR) is 89.8 cm³/mol. The lowest BCUT2D eigenvalue weighted by atomic mass is 9.68. The molecule has 0 radical (unpaired) electrons. The number of esters is 1. The lowest BCUT2D eigenvalue weighted by Crippen LogP contribution is -2.42. The molecule has 0 aliphatic carbocycles. The van der Waals surface area contributed by atoms with Crippen molar-refractivity contribution in [1.82, 2.24) is 0 Å². The van der Waals surface area contributed by atoms with E-state index >= 15 is 0 Å². The number of aliphatic hydroxyl groups is 2. The van der Waals surface area contributed by atoms with Crippen LogP contribution in [0.1, 0.15) is 43.4 Å². The van der Waals surface area contributed by atoms with Gasteiger partial charge in [-0.1, -0.05) is 48.0 Å². The quantitative estimate of drug-likeness (QED) is 0.543. The van der Waals surface area contributed by atoms with Crippen LogP contribution in [-0.4, -0.2) is 28.6 Å². The highest BCUT2D eigenvalue weighted by Crippen LogP contribution is 2.39. The highest BCUT2D eigenvalue weighted by molar-refractivity contribution is 9.09. The first-order valence-corrected chi connectivity index (χ1v) is 8.58. The van der Waals surface area contributed by atoms with Crippen molar-refractivity contribution < 1.29 is 19.7 Å². The van der Waals surface area contributed by atoms with Crippen molar-refractivity contribution in [3.8, 4) is 0 Å². The van der Waals surface area contributed by atoms with Crippen molar-refractivity contribution >= 4 is 21.9 Å². The van der Waals surface area contributed by atoms with E-state index < -0.39 is 5.41 Å². The molecule has 0 saturated heterocycles. The molecule has 0 saturated carbocycles. The van der Waals surface area contributed by atoms with Crippen molar-refractivity contribution in [2.24, 2.45) is 5.92 Å². The van der Waals surface area contributed by atoms with Crippen LogP contribution in [0.25, 0.3) is 0 Å². The largest absolute Gasteiger partial charge is 0.468 e. The van der Waals surface area contributed by atoms with Gasteiger partial charge in [0.15, 0.2) is 0 Å². The SMILES string of the molecule is COC(=O)C(CCCBr)(c1ccc(CO)c(CO)c1)C(C)C. The molecule has 0 aliphatic rings. The zero-order valence-corrected chi connectivity index (χ0v) is 15.0. The maximum Gasteiger partial charge on any atom is 0.316 e. The summed E-state index contributed by atoms with van der Waals surface area (Å²) in [4.78, 5) is 12.6. The molecule has 0 aromatic heterocycles. The molecule has 0 amide bonds. The normalized spacial score (nSPS) is 14.0. The molecule has 22 heavy (non-hydrogen) atoms. The Labute approximate surface area is 140 Å². The lowest BCUT2D eigenvalue weighted by Gasteiger charge is -2.36. The molecule has 0 spiro atoms. The van der Waals surface area contributed by atoms with Crippen molar-refractivity contribution in [2.75, 3.05) is 12.4 Å². The van der Waals surface area contributed by atoms with Crippen LogP contribution in [0.15, 0.2) is 18.2 Å². The van der Waals surface area contributed by atoms with E-state index in [0.717, 1.165) is 17.3 Å². The molecular formula is C17H25BrO4. The van der Waals surface area contributed by atoms with E-state index in [1.807, 2.05) is 26.0 Å². The number of rotatable bonds is 8. The number of carbonyl (C=O) groups is 1. The number of carbonyl (C=O) groups excluding carboxylic acids is 1. The summed E-state index contributed by atoms with van der Waals surface area (Å²) in [7, 11) is 1.41. The van der Waals surface area contributed by atoms with E-state index in [9.17, 15) is 15.0 Å². The third-order valence-electron chi connectivity index (χ3n) is 4.30. The van der Waals surface area contributed by atoms with Crippen LogP contribution in [0.4, 0.5) is 0 Å². The summed E-state index contributed by atoms with van der Waals surface area (Å²) in [5, 5.41) is 19.7. The van der Waals surface area contributed by atoms with Gasteiger partial charge in [0.1, 0.15) is 0 Å². The number of hydrogen-bond acceptors (Lipinski definition) is 4. The minimum Gasteiger partial charge on any atom is -0.468 e. The van der Waals surface area contributed by atoms with Gasteiger partial charge in [-0.2, -0.15) is 0 Å². The summed E-state index contributed by atoms with van der Waals surface area (Å²) in [6, 6.07) is 5.45. The van der Waals surface area contributed by atoms with Gasteiger partial charge >= 0.3 is 5.97 Å². The molecule has 1 aromatic carbocycles. The highest BCUT2D eigenvalue weighted by Gasteiger charge is 2.44. The topological polar surface area (TPSA) is 66.8 Å². The van der Waals surface area contributed by atoms with Crippen molar-refractivity contribution in [3.05, 3.63) is 34.9 Å². The Morgan fingerprint density at radius 2 is 1.91 bits per heavy atom. The zero-order valence-electron chi connectivity index (χ0n) is 13.4. The van der Waals surface area contributed by atoms with E-state index in [-0.39, 0.29) is 25.1 Å². The summed E-state index contributed by atoms with van der Waals surface area (Å²) in [6.45, 7) is 3.70. The van der Waals surface area contributed by atoms with Gasteiger partial charge in [0.25, 0.3) is 0 Å². The molecule has 5 heteroatoms. The van der Waals surface area contributed by atoms with Crippen LogP contribution in [0.3, 0.4) is 0 Å². The fourth-order valence-electron chi connectivity index (χ4n) is 2.95. The average Bonchev–Trinajstić information content (AvgIpc) is 2.54. The molecule has 1 rings (SSSR count). The number of ether oxygens (including phenoxy) is 1. The van der Waals surface area contributed by atoms with Gasteiger partial charge in [0, 0.05) is 5.33 Å². The Kier molecular flexibility index (Phi) is 7.53. The predicted octanol–water partition coefficient (Wildman–Crippen LogP) is 2.91. The van der Waals surface area contributed by atoms with Gasteiger partial charge in [0.2, 0.25) is 0 Å². The third-order valence-corrected chi connectivity index (χ3v) is 4.86. The molecule has 0 bridgehead atoms. The first-order valence-electron chi connectivity index (χ1n) is 7.46. The molecule has 0 heterocycles. The van der Waals surface area contributed by atoms with Gasteiger partial charge < -0.3 is 14.9 Å². The number of halogens is 1. The highest BCUT2D eigenvalue weighted by atomic mass is 79.9. The number of hydrogen-bond donors (Lipinski definition) is 2. The Morgan fingerprint density at radius 1 is 1.27 bits per heavy atom. The summed E-state index contributed by atoms with van der Waals surface area (Å²) in [6.07, 6.45) is 1.50. The third kappa shape index (κ3) is 3.70. The van der Waals surface area contributed by atoms with Gasteiger partial charge in [0.05, 0.1) is 25.7 Å². The number of benzene rings is 1. The number of methoxy groups -OCH3 is 1. The maximum atomic E-state index is 12.6. The fourth-order valence-corrected chi connectivity index (χ4v) is 3.23. The van der Waals surface area contributed by atoms with E-state index in [1.165, 1.54) is 7.11 Å². The first kappa shape index (κ1) is 19.1. The lowest BCUT2D eigenvalue weighted by molar-refractivity contribution is -0.150. The van der Waals surface area contributed by atoms with Crippen molar-refractivity contribution in [2.45, 2.75) is 45.3 Å². The van der Waals surface area contributed by atoms with Crippen LogP contribution in [-0.2, 0) is 28.2 Å².